The van der Waals surface area contributed by atoms with Crippen LogP contribution in [0.1, 0.15) is 61.3 Å². The molecule has 6 nitrogen and oxygen atoms in total. The van der Waals surface area contributed by atoms with Crippen LogP contribution in [0.4, 0.5) is 4.79 Å². The van der Waals surface area contributed by atoms with Crippen LogP contribution in [-0.2, 0) is 7.05 Å². The monoisotopic (exact) mass is 406 g/mol. The summed E-state index contributed by atoms with van der Waals surface area (Å²) in [5.41, 5.74) is 3.18. The molecule has 30 heavy (non-hydrogen) atoms. The average molecular weight is 407 g/mol. The number of benzene rings is 2. The molecule has 0 fully saturated rings. The summed E-state index contributed by atoms with van der Waals surface area (Å²) in [7, 11) is 3.53. The lowest BCUT2D eigenvalue weighted by Crippen LogP contribution is -2.40. The van der Waals surface area contributed by atoms with E-state index >= 15 is 0 Å². The summed E-state index contributed by atoms with van der Waals surface area (Å²) >= 11 is 0. The number of carbonyl (C=O) groups excluding carboxylic acids is 1. The van der Waals surface area contributed by atoms with E-state index in [0.29, 0.717) is 11.7 Å². The highest BCUT2D eigenvalue weighted by Crippen LogP contribution is 2.29. The van der Waals surface area contributed by atoms with E-state index < -0.39 is 6.04 Å². The first-order valence-corrected chi connectivity index (χ1v) is 10.2. The van der Waals surface area contributed by atoms with Crippen LogP contribution in [-0.4, -0.2) is 22.7 Å². The molecule has 158 valence electrons. The predicted octanol–water partition coefficient (Wildman–Crippen LogP) is 4.70. The first-order chi connectivity index (χ1) is 14.4. The summed E-state index contributed by atoms with van der Waals surface area (Å²) in [5.74, 6) is 1.90. The molecule has 0 saturated carbocycles. The minimum atomic E-state index is -0.448. The summed E-state index contributed by atoms with van der Waals surface area (Å²) < 4.78 is 7.41. The van der Waals surface area contributed by atoms with Crippen molar-refractivity contribution in [2.24, 2.45) is 7.05 Å². The summed E-state index contributed by atoms with van der Waals surface area (Å²) in [4.78, 5) is 17.3. The number of imidazole rings is 1. The maximum absolute atomic E-state index is 12.9. The lowest BCUT2D eigenvalue weighted by molar-refractivity contribution is 0.235. The van der Waals surface area contributed by atoms with E-state index in [1.165, 1.54) is 5.56 Å². The molecule has 2 atom stereocenters. The highest BCUT2D eigenvalue weighted by Gasteiger charge is 2.24. The quantitative estimate of drug-likeness (QED) is 0.597. The van der Waals surface area contributed by atoms with Crippen LogP contribution >= 0.6 is 0 Å². The molecule has 2 aromatic carbocycles. The fourth-order valence-corrected chi connectivity index (χ4v) is 3.46. The van der Waals surface area contributed by atoms with Crippen LogP contribution in [0.15, 0.2) is 60.9 Å². The van der Waals surface area contributed by atoms with Crippen LogP contribution in [0.25, 0.3) is 0 Å². The second kappa shape index (κ2) is 9.48. The Balaban J connectivity index is 1.79. The van der Waals surface area contributed by atoms with Crippen molar-refractivity contribution in [1.82, 2.24) is 20.2 Å². The van der Waals surface area contributed by atoms with Gasteiger partial charge in [0.1, 0.15) is 17.6 Å². The van der Waals surface area contributed by atoms with Crippen molar-refractivity contribution in [2.45, 2.75) is 38.8 Å². The van der Waals surface area contributed by atoms with Crippen LogP contribution < -0.4 is 15.4 Å². The predicted molar refractivity (Wildman–Crippen MR) is 119 cm³/mol. The third-order valence-corrected chi connectivity index (χ3v) is 5.29. The molecule has 0 radical (unpaired) electrons. The van der Waals surface area contributed by atoms with Gasteiger partial charge in [-0.2, -0.15) is 0 Å². The molecule has 3 aromatic rings. The SMILES string of the molecule is COc1ccccc1[C@@H](NC(=O)N[C@@H](C)c1ccc(C(C)C)cc1)c1nccn1C. The van der Waals surface area contributed by atoms with E-state index in [1.807, 2.05) is 49.0 Å². The molecule has 0 spiro atoms. The fourth-order valence-electron chi connectivity index (χ4n) is 3.46. The minimum absolute atomic E-state index is 0.133. The number of para-hydroxylation sites is 1. The summed E-state index contributed by atoms with van der Waals surface area (Å²) in [6.07, 6.45) is 3.58. The number of hydrogen-bond acceptors (Lipinski definition) is 3. The Kier molecular flexibility index (Phi) is 6.77. The molecule has 2 N–H and O–H groups in total. The van der Waals surface area contributed by atoms with Crippen molar-refractivity contribution in [3.05, 3.63) is 83.4 Å². The van der Waals surface area contributed by atoms with Crippen molar-refractivity contribution in [1.29, 1.82) is 0 Å². The molecule has 0 saturated heterocycles. The lowest BCUT2D eigenvalue weighted by Gasteiger charge is -2.23. The molecule has 0 aliphatic heterocycles. The van der Waals surface area contributed by atoms with Gasteiger partial charge in [-0.1, -0.05) is 56.3 Å². The Morgan fingerprint density at radius 1 is 1.00 bits per heavy atom. The molecule has 3 rings (SSSR count). The topological polar surface area (TPSA) is 68.2 Å². The Labute approximate surface area is 178 Å². The molecule has 0 aliphatic rings. The number of rotatable bonds is 7. The number of methoxy groups -OCH3 is 1. The van der Waals surface area contributed by atoms with E-state index in [9.17, 15) is 4.79 Å². The number of carbonyl (C=O) groups is 1. The van der Waals surface area contributed by atoms with Crippen molar-refractivity contribution in [3.63, 3.8) is 0 Å². The Bertz CT molecular complexity index is 979. The second-order valence-electron chi connectivity index (χ2n) is 7.73. The zero-order valence-electron chi connectivity index (χ0n) is 18.2. The lowest BCUT2D eigenvalue weighted by atomic mass is 10.00. The third-order valence-electron chi connectivity index (χ3n) is 5.29. The van der Waals surface area contributed by atoms with Gasteiger partial charge in [-0.05, 0) is 30.0 Å². The smallest absolute Gasteiger partial charge is 0.316 e. The maximum Gasteiger partial charge on any atom is 0.316 e. The number of nitrogens with zero attached hydrogens (tertiary/aromatic N) is 2. The van der Waals surface area contributed by atoms with Gasteiger partial charge < -0.3 is 19.9 Å². The van der Waals surface area contributed by atoms with Gasteiger partial charge in [-0.25, -0.2) is 9.78 Å². The fraction of sp³-hybridized carbons (Fsp3) is 0.333. The number of aryl methyl sites for hydroxylation is 1. The minimum Gasteiger partial charge on any atom is -0.496 e. The summed E-state index contributed by atoms with van der Waals surface area (Å²) in [6, 6.07) is 15.1. The van der Waals surface area contributed by atoms with Crippen LogP contribution in [0.5, 0.6) is 5.75 Å². The molecule has 2 amide bonds. The largest absolute Gasteiger partial charge is 0.496 e. The second-order valence-corrected chi connectivity index (χ2v) is 7.73. The Morgan fingerprint density at radius 2 is 1.67 bits per heavy atom. The van der Waals surface area contributed by atoms with Crippen LogP contribution in [0.3, 0.4) is 0 Å². The highest BCUT2D eigenvalue weighted by atomic mass is 16.5. The number of aromatic nitrogens is 2. The number of nitrogens with one attached hydrogen (secondary N) is 2. The number of urea groups is 1. The van der Waals surface area contributed by atoms with Gasteiger partial charge in [0.05, 0.1) is 13.2 Å². The van der Waals surface area contributed by atoms with Gasteiger partial charge in [0.15, 0.2) is 0 Å². The van der Waals surface area contributed by atoms with Crippen molar-refractivity contribution < 1.29 is 9.53 Å². The first-order valence-electron chi connectivity index (χ1n) is 10.2. The van der Waals surface area contributed by atoms with Gasteiger partial charge in [-0.15, -0.1) is 0 Å². The molecular weight excluding hydrogens is 376 g/mol. The van der Waals surface area contributed by atoms with E-state index in [-0.39, 0.29) is 12.1 Å². The van der Waals surface area contributed by atoms with Crippen LogP contribution in [0, 0.1) is 0 Å². The van der Waals surface area contributed by atoms with Gasteiger partial charge >= 0.3 is 6.03 Å². The van der Waals surface area contributed by atoms with E-state index in [0.717, 1.165) is 17.0 Å². The zero-order chi connectivity index (χ0) is 21.7. The number of amides is 2. The van der Waals surface area contributed by atoms with Crippen LogP contribution in [0.2, 0.25) is 0 Å². The Morgan fingerprint density at radius 3 is 2.27 bits per heavy atom. The Hall–Kier alpha value is -3.28. The maximum atomic E-state index is 12.9. The molecule has 0 bridgehead atoms. The standard InChI is InChI=1S/C24H30N4O2/c1-16(2)18-10-12-19(13-11-18)17(3)26-24(29)27-22(23-25-14-15-28(23)4)20-8-6-7-9-21(20)30-5/h6-17,22H,1-5H3,(H2,26,27,29)/t17-,22+/m0/s1. The highest BCUT2D eigenvalue weighted by molar-refractivity contribution is 5.75. The normalized spacial score (nSPS) is 13.0. The van der Waals surface area contributed by atoms with Crippen molar-refractivity contribution in [2.75, 3.05) is 7.11 Å². The van der Waals surface area contributed by atoms with Crippen molar-refractivity contribution in [3.8, 4) is 5.75 Å². The zero-order valence-corrected chi connectivity index (χ0v) is 18.2. The van der Waals surface area contributed by atoms with Gasteiger partial charge in [0, 0.05) is 25.0 Å². The third kappa shape index (κ3) is 4.82. The average Bonchev–Trinajstić information content (AvgIpc) is 3.17. The van der Waals surface area contributed by atoms with E-state index in [4.69, 9.17) is 4.74 Å². The van der Waals surface area contributed by atoms with Crippen molar-refractivity contribution >= 4 is 6.03 Å². The molecule has 6 heteroatoms. The van der Waals surface area contributed by atoms with E-state index in [2.05, 4.69) is 53.7 Å². The van der Waals surface area contributed by atoms with Gasteiger partial charge in [0.25, 0.3) is 0 Å². The molecule has 0 aliphatic carbocycles. The summed E-state index contributed by atoms with van der Waals surface area (Å²) in [5, 5.41) is 6.10. The summed E-state index contributed by atoms with van der Waals surface area (Å²) in [6.45, 7) is 6.31. The van der Waals surface area contributed by atoms with E-state index in [1.54, 1.807) is 13.3 Å². The number of ether oxygens (including phenoxy) is 1. The molecule has 1 heterocycles. The molecular formula is C24H30N4O2. The first kappa shape index (κ1) is 21.4. The molecule has 1 aromatic heterocycles. The number of hydrogen-bond donors (Lipinski definition) is 2. The molecule has 0 unspecified atom stereocenters. The van der Waals surface area contributed by atoms with Gasteiger partial charge in [-0.3, -0.25) is 0 Å². The van der Waals surface area contributed by atoms with Gasteiger partial charge in [0.2, 0.25) is 0 Å².